The normalized spacial score (nSPS) is 28.5. The molecule has 4 saturated carbocycles. The maximum atomic E-state index is 14.4. The number of aromatic nitrogens is 2. The SMILES string of the molecule is NN=c1c(=O)n(CC2C3CC4CC(C3)CC2C4)c2ccc(F)cc2n(-c2ccccc2)c1=O. The largest absolute Gasteiger partial charge is 0.322 e. The van der Waals surface area contributed by atoms with Crippen molar-refractivity contribution in [1.29, 1.82) is 0 Å². The lowest BCUT2D eigenvalue weighted by atomic mass is 9.52. The summed E-state index contributed by atoms with van der Waals surface area (Å²) in [5.74, 6) is 8.32. The van der Waals surface area contributed by atoms with Gasteiger partial charge in [-0.05, 0) is 86.0 Å². The fourth-order valence-corrected chi connectivity index (χ4v) is 7.12. The smallest absolute Gasteiger partial charge is 0.289 e. The van der Waals surface area contributed by atoms with Gasteiger partial charge in [0.1, 0.15) is 5.82 Å². The minimum Gasteiger partial charge on any atom is -0.322 e. The Morgan fingerprint density at radius 2 is 1.55 bits per heavy atom. The van der Waals surface area contributed by atoms with E-state index in [0.29, 0.717) is 41.0 Å². The van der Waals surface area contributed by atoms with E-state index in [4.69, 9.17) is 5.84 Å². The number of para-hydroxylation sites is 1. The first-order valence-corrected chi connectivity index (χ1v) is 11.8. The number of halogens is 1. The first-order chi connectivity index (χ1) is 16.0. The third-order valence-electron chi connectivity index (χ3n) is 8.28. The van der Waals surface area contributed by atoms with Crippen molar-refractivity contribution in [1.82, 2.24) is 9.13 Å². The van der Waals surface area contributed by atoms with Crippen LogP contribution in [0.1, 0.15) is 32.1 Å². The van der Waals surface area contributed by atoms with E-state index in [1.807, 2.05) is 6.07 Å². The molecule has 1 aromatic heterocycles. The fourth-order valence-electron chi connectivity index (χ4n) is 7.12. The Morgan fingerprint density at radius 1 is 0.879 bits per heavy atom. The van der Waals surface area contributed by atoms with Gasteiger partial charge in [-0.15, -0.1) is 0 Å². The Balaban J connectivity index is 1.62. The molecule has 4 fully saturated rings. The second-order valence-corrected chi connectivity index (χ2v) is 10.1. The first kappa shape index (κ1) is 20.4. The summed E-state index contributed by atoms with van der Waals surface area (Å²) >= 11 is 0. The third-order valence-corrected chi connectivity index (χ3v) is 8.28. The summed E-state index contributed by atoms with van der Waals surface area (Å²) in [4.78, 5) is 27.1. The van der Waals surface area contributed by atoms with Crippen LogP contribution in [-0.2, 0) is 6.54 Å². The molecule has 0 radical (unpaired) electrons. The lowest BCUT2D eigenvalue weighted by Crippen LogP contribution is -2.49. The van der Waals surface area contributed by atoms with Crippen LogP contribution in [-0.4, -0.2) is 9.13 Å². The van der Waals surface area contributed by atoms with Gasteiger partial charge in [0.05, 0.1) is 11.0 Å². The van der Waals surface area contributed by atoms with Crippen molar-refractivity contribution in [2.75, 3.05) is 0 Å². The molecule has 6 nitrogen and oxygen atoms in total. The molecule has 3 aromatic rings. The van der Waals surface area contributed by atoms with E-state index >= 15 is 0 Å². The number of nitrogens with zero attached hydrogens (tertiary/aromatic N) is 3. The second-order valence-electron chi connectivity index (χ2n) is 10.1. The first-order valence-electron chi connectivity index (χ1n) is 11.8. The highest BCUT2D eigenvalue weighted by molar-refractivity contribution is 5.77. The monoisotopic (exact) mass is 446 g/mol. The van der Waals surface area contributed by atoms with Crippen molar-refractivity contribution in [3.63, 3.8) is 0 Å². The van der Waals surface area contributed by atoms with Gasteiger partial charge >= 0.3 is 0 Å². The topological polar surface area (TPSA) is 82.4 Å². The van der Waals surface area contributed by atoms with E-state index in [0.717, 1.165) is 11.8 Å². The van der Waals surface area contributed by atoms with Gasteiger partial charge in [0, 0.05) is 18.3 Å². The number of fused-ring (bicyclic) bond motifs is 1. The molecule has 7 heteroatoms. The van der Waals surface area contributed by atoms with E-state index < -0.39 is 16.9 Å². The Kier molecular flexibility index (Phi) is 4.75. The molecule has 1 heterocycles. The predicted molar refractivity (Wildman–Crippen MR) is 124 cm³/mol. The third kappa shape index (κ3) is 3.24. The second kappa shape index (κ2) is 7.68. The molecule has 0 unspecified atom stereocenters. The van der Waals surface area contributed by atoms with Gasteiger partial charge in [0.25, 0.3) is 11.1 Å². The van der Waals surface area contributed by atoms with Crippen LogP contribution in [0.5, 0.6) is 0 Å². The number of hydrogen-bond donors (Lipinski definition) is 1. The van der Waals surface area contributed by atoms with Crippen molar-refractivity contribution in [2.45, 2.75) is 38.6 Å². The molecule has 4 aliphatic rings. The maximum Gasteiger partial charge on any atom is 0.289 e. The zero-order valence-corrected chi connectivity index (χ0v) is 18.4. The van der Waals surface area contributed by atoms with Crippen LogP contribution in [0.15, 0.2) is 63.2 Å². The van der Waals surface area contributed by atoms with Gasteiger partial charge < -0.3 is 10.4 Å². The van der Waals surface area contributed by atoms with Crippen LogP contribution >= 0.6 is 0 Å². The molecule has 0 aliphatic heterocycles. The van der Waals surface area contributed by atoms with Crippen LogP contribution in [0, 0.1) is 35.4 Å². The molecule has 0 spiro atoms. The number of nitrogens with two attached hydrogens (primary N) is 1. The number of benzene rings is 2. The number of hydrogen-bond acceptors (Lipinski definition) is 4. The quantitative estimate of drug-likeness (QED) is 0.496. The van der Waals surface area contributed by atoms with Crippen molar-refractivity contribution in [3.05, 3.63) is 80.4 Å². The minimum atomic E-state index is -0.645. The summed E-state index contributed by atoms with van der Waals surface area (Å²) in [7, 11) is 0. The minimum absolute atomic E-state index is 0.334. The molecule has 4 aliphatic carbocycles. The van der Waals surface area contributed by atoms with E-state index in [1.165, 1.54) is 48.8 Å². The lowest BCUT2D eigenvalue weighted by Gasteiger charge is -2.54. The van der Waals surface area contributed by atoms with E-state index in [2.05, 4.69) is 5.10 Å². The molecule has 2 aromatic carbocycles. The Bertz CT molecular complexity index is 1400. The molecule has 0 amide bonds. The Hall–Kier alpha value is -3.22. The summed E-state index contributed by atoms with van der Waals surface area (Å²) in [6.45, 7) is 0.501. The fraction of sp³-hybridized carbons (Fsp3) is 0.423. The van der Waals surface area contributed by atoms with Gasteiger partial charge in [-0.2, -0.15) is 5.10 Å². The highest BCUT2D eigenvalue weighted by atomic mass is 19.1. The molecular weight excluding hydrogens is 419 g/mol. The van der Waals surface area contributed by atoms with Crippen LogP contribution in [0.3, 0.4) is 0 Å². The Morgan fingerprint density at radius 3 is 2.18 bits per heavy atom. The van der Waals surface area contributed by atoms with Crippen LogP contribution in [0.4, 0.5) is 4.39 Å². The summed E-state index contributed by atoms with van der Waals surface area (Å²) in [6.07, 6.45) is 6.26. The summed E-state index contributed by atoms with van der Waals surface area (Å²) in [6, 6.07) is 13.2. The van der Waals surface area contributed by atoms with Crippen molar-refractivity contribution >= 4 is 11.0 Å². The molecule has 33 heavy (non-hydrogen) atoms. The lowest BCUT2D eigenvalue weighted by molar-refractivity contribution is -0.0429. The summed E-state index contributed by atoms with van der Waals surface area (Å²) in [5.41, 5.74) is 0.226. The van der Waals surface area contributed by atoms with E-state index in [-0.39, 0.29) is 5.36 Å². The molecule has 4 bridgehead atoms. The molecule has 0 atom stereocenters. The molecule has 7 rings (SSSR count). The van der Waals surface area contributed by atoms with Crippen LogP contribution < -0.4 is 22.3 Å². The van der Waals surface area contributed by atoms with E-state index in [1.54, 1.807) is 34.9 Å². The van der Waals surface area contributed by atoms with Gasteiger partial charge in [-0.3, -0.25) is 14.2 Å². The van der Waals surface area contributed by atoms with Gasteiger partial charge in [0.15, 0.2) is 0 Å². The van der Waals surface area contributed by atoms with Crippen LogP contribution in [0.2, 0.25) is 0 Å². The van der Waals surface area contributed by atoms with Gasteiger partial charge in [-0.25, -0.2) is 4.39 Å². The molecule has 2 N–H and O–H groups in total. The van der Waals surface area contributed by atoms with Gasteiger partial charge in [0.2, 0.25) is 5.36 Å². The van der Waals surface area contributed by atoms with E-state index in [9.17, 15) is 14.0 Å². The zero-order chi connectivity index (χ0) is 22.7. The molecule has 0 saturated heterocycles. The molecule has 170 valence electrons. The van der Waals surface area contributed by atoms with Crippen molar-refractivity contribution in [3.8, 4) is 5.69 Å². The van der Waals surface area contributed by atoms with Crippen LogP contribution in [0.25, 0.3) is 16.7 Å². The zero-order valence-electron chi connectivity index (χ0n) is 18.4. The molecular formula is C26H27FN4O2. The summed E-state index contributed by atoms with van der Waals surface area (Å²) in [5, 5.41) is 3.29. The van der Waals surface area contributed by atoms with Crippen molar-refractivity contribution < 1.29 is 4.39 Å². The number of rotatable bonds is 3. The average Bonchev–Trinajstić information content (AvgIpc) is 2.88. The highest BCUT2D eigenvalue weighted by Gasteiger charge is 2.48. The average molecular weight is 447 g/mol. The van der Waals surface area contributed by atoms with Gasteiger partial charge in [-0.1, -0.05) is 18.2 Å². The Labute approximate surface area is 190 Å². The standard InChI is InChI=1S/C26H27FN4O2/c27-19-6-7-22-23(13-19)31(20-4-2-1-3-5-20)26(33)24(29-28)25(32)30(22)14-21-17-9-15-8-16(11-17)12-18(21)10-15/h1-7,13,15-18,21H,8-12,14,28H2. The maximum absolute atomic E-state index is 14.4. The van der Waals surface area contributed by atoms with Crippen molar-refractivity contribution in [2.24, 2.45) is 40.5 Å². The highest BCUT2D eigenvalue weighted by Crippen LogP contribution is 2.56. The summed E-state index contributed by atoms with van der Waals surface area (Å²) < 4.78 is 17.4. The predicted octanol–water partition coefficient (Wildman–Crippen LogP) is 3.14.